The van der Waals surface area contributed by atoms with Crippen LogP contribution in [0, 0.1) is 0 Å². The third-order valence-corrected chi connectivity index (χ3v) is 5.84. The molecule has 0 unspecified atom stereocenters. The summed E-state index contributed by atoms with van der Waals surface area (Å²) < 4.78 is 0. The van der Waals surface area contributed by atoms with Crippen LogP contribution >= 0.6 is 11.6 Å². The maximum Gasteiger partial charge on any atom is 0.332 e. The minimum Gasteiger partial charge on any atom is -0.305 e. The van der Waals surface area contributed by atoms with Gasteiger partial charge in [0, 0.05) is 11.6 Å². The zero-order chi connectivity index (χ0) is 21.3. The molecule has 0 spiro atoms. The molecule has 4 rings (SSSR count). The van der Waals surface area contributed by atoms with Crippen molar-refractivity contribution in [3.63, 3.8) is 0 Å². The van der Waals surface area contributed by atoms with E-state index in [0.29, 0.717) is 17.3 Å². The first kappa shape index (κ1) is 20.2. The van der Waals surface area contributed by atoms with Crippen molar-refractivity contribution in [1.29, 1.82) is 0 Å². The fraction of sp³-hybridized carbons (Fsp3) is 0.200. The van der Waals surface area contributed by atoms with Gasteiger partial charge in [0.2, 0.25) is 0 Å². The molecule has 0 N–H and O–H groups in total. The Labute approximate surface area is 181 Å². The predicted octanol–water partition coefficient (Wildman–Crippen LogP) is 5.68. The van der Waals surface area contributed by atoms with Gasteiger partial charge in [0.25, 0.3) is 5.91 Å². The van der Waals surface area contributed by atoms with E-state index in [4.69, 9.17) is 11.6 Å². The van der Waals surface area contributed by atoms with Gasteiger partial charge in [-0.15, -0.1) is 0 Å². The van der Waals surface area contributed by atoms with Crippen LogP contribution in [0.5, 0.6) is 0 Å². The number of carbonyl (C=O) groups is 2. The van der Waals surface area contributed by atoms with Gasteiger partial charge in [-0.05, 0) is 61.2 Å². The number of hydrogen-bond acceptors (Lipinski definition) is 2. The van der Waals surface area contributed by atoms with Crippen LogP contribution in [0.3, 0.4) is 0 Å². The number of imide groups is 1. The average Bonchev–Trinajstić information content (AvgIpc) is 2.90. The van der Waals surface area contributed by atoms with E-state index >= 15 is 0 Å². The Morgan fingerprint density at radius 3 is 2.07 bits per heavy atom. The van der Waals surface area contributed by atoms with E-state index < -0.39 is 5.54 Å². The smallest absolute Gasteiger partial charge is 0.305 e. The molecule has 1 fully saturated rings. The molecule has 1 heterocycles. The third-order valence-electron chi connectivity index (χ3n) is 5.59. The van der Waals surface area contributed by atoms with Crippen molar-refractivity contribution < 1.29 is 9.59 Å². The molecule has 0 aromatic heterocycles. The lowest BCUT2D eigenvalue weighted by atomic mass is 9.97. The van der Waals surface area contributed by atoms with Gasteiger partial charge >= 0.3 is 6.03 Å². The van der Waals surface area contributed by atoms with E-state index in [1.54, 1.807) is 43.0 Å². The van der Waals surface area contributed by atoms with E-state index in [-0.39, 0.29) is 11.9 Å². The Bertz CT molecular complexity index is 1080. The molecule has 5 heteroatoms. The quantitative estimate of drug-likeness (QED) is 0.500. The zero-order valence-electron chi connectivity index (χ0n) is 17.0. The highest BCUT2D eigenvalue weighted by Crippen LogP contribution is 2.34. The van der Waals surface area contributed by atoms with Gasteiger partial charge in [0.15, 0.2) is 0 Å². The number of halogens is 1. The van der Waals surface area contributed by atoms with Crippen LogP contribution in [0.1, 0.15) is 30.5 Å². The summed E-state index contributed by atoms with van der Waals surface area (Å²) >= 11 is 5.97. The molecule has 1 aliphatic rings. The van der Waals surface area contributed by atoms with Crippen molar-refractivity contribution in [3.8, 4) is 0 Å². The van der Waals surface area contributed by atoms with Crippen LogP contribution in [-0.4, -0.2) is 22.4 Å². The minimum absolute atomic E-state index is 0.240. The number of amides is 3. The number of carbonyl (C=O) groups excluding carboxylic acids is 2. The predicted molar refractivity (Wildman–Crippen MR) is 120 cm³/mol. The van der Waals surface area contributed by atoms with E-state index in [1.165, 1.54) is 10.5 Å². The number of nitrogens with zero attached hydrogens (tertiary/aromatic N) is 2. The Kier molecular flexibility index (Phi) is 5.35. The van der Waals surface area contributed by atoms with Gasteiger partial charge in [-0.2, -0.15) is 0 Å². The molecular formula is C25H23ClN2O2. The molecule has 0 saturated carbocycles. The molecule has 1 saturated heterocycles. The standard InChI is InChI=1S/C25H23ClN2O2/c1-25(2)23(29)28(22-14-12-21(26)13-15-22)24(30)27(25)17-20-11-7-6-10-19(20)16-18-8-4-3-5-9-18/h3-15H,16-17H2,1-2H3. The lowest BCUT2D eigenvalue weighted by Gasteiger charge is -2.28. The summed E-state index contributed by atoms with van der Waals surface area (Å²) in [4.78, 5) is 29.3. The topological polar surface area (TPSA) is 40.6 Å². The molecule has 3 amide bonds. The third kappa shape index (κ3) is 3.71. The summed E-state index contributed by atoms with van der Waals surface area (Å²) in [5.74, 6) is -0.240. The molecule has 0 radical (unpaired) electrons. The molecule has 0 aliphatic carbocycles. The van der Waals surface area contributed by atoms with Gasteiger partial charge in [-0.1, -0.05) is 66.2 Å². The van der Waals surface area contributed by atoms with Gasteiger partial charge in [0.05, 0.1) is 5.69 Å². The SMILES string of the molecule is CC1(C)C(=O)N(c2ccc(Cl)cc2)C(=O)N1Cc1ccccc1Cc1ccccc1. The molecule has 4 nitrogen and oxygen atoms in total. The lowest BCUT2D eigenvalue weighted by molar-refractivity contribution is -0.123. The first-order chi connectivity index (χ1) is 14.4. The molecule has 3 aromatic carbocycles. The van der Waals surface area contributed by atoms with Crippen LogP contribution in [0.15, 0.2) is 78.9 Å². The second-order valence-corrected chi connectivity index (χ2v) is 8.41. The molecule has 152 valence electrons. The van der Waals surface area contributed by atoms with Gasteiger partial charge < -0.3 is 4.90 Å². The molecule has 0 bridgehead atoms. The van der Waals surface area contributed by atoms with E-state index in [1.807, 2.05) is 36.4 Å². The van der Waals surface area contributed by atoms with Crippen molar-refractivity contribution in [1.82, 2.24) is 4.90 Å². The monoisotopic (exact) mass is 418 g/mol. The first-order valence-electron chi connectivity index (χ1n) is 9.90. The highest BCUT2D eigenvalue weighted by molar-refractivity contribution is 6.30. The number of urea groups is 1. The van der Waals surface area contributed by atoms with Crippen LogP contribution in [0.2, 0.25) is 5.02 Å². The van der Waals surface area contributed by atoms with Gasteiger partial charge in [-0.3, -0.25) is 4.79 Å². The zero-order valence-corrected chi connectivity index (χ0v) is 17.8. The largest absolute Gasteiger partial charge is 0.332 e. The number of anilines is 1. The van der Waals surface area contributed by atoms with Crippen LogP contribution in [0.25, 0.3) is 0 Å². The Balaban J connectivity index is 1.64. The lowest BCUT2D eigenvalue weighted by Crippen LogP contribution is -2.43. The van der Waals surface area contributed by atoms with Crippen molar-refractivity contribution in [3.05, 3.63) is 101 Å². The number of hydrogen-bond donors (Lipinski definition) is 0. The second-order valence-electron chi connectivity index (χ2n) is 7.98. The highest BCUT2D eigenvalue weighted by atomic mass is 35.5. The summed E-state index contributed by atoms with van der Waals surface area (Å²) in [6.07, 6.45) is 0.772. The van der Waals surface area contributed by atoms with Crippen LogP contribution in [-0.2, 0) is 17.8 Å². The molecular weight excluding hydrogens is 396 g/mol. The van der Waals surface area contributed by atoms with Crippen molar-refractivity contribution in [2.45, 2.75) is 32.4 Å². The summed E-state index contributed by atoms with van der Waals surface area (Å²) in [5, 5.41) is 0.559. The summed E-state index contributed by atoms with van der Waals surface area (Å²) in [6.45, 7) is 3.95. The van der Waals surface area contributed by atoms with Crippen molar-refractivity contribution in [2.75, 3.05) is 4.90 Å². The Morgan fingerprint density at radius 1 is 0.800 bits per heavy atom. The fourth-order valence-corrected chi connectivity index (χ4v) is 3.92. The Hall–Kier alpha value is -3.11. The summed E-state index contributed by atoms with van der Waals surface area (Å²) in [7, 11) is 0. The van der Waals surface area contributed by atoms with Crippen LogP contribution in [0.4, 0.5) is 10.5 Å². The summed E-state index contributed by atoms with van der Waals surface area (Å²) in [5.41, 5.74) is 2.97. The highest BCUT2D eigenvalue weighted by Gasteiger charge is 2.51. The minimum atomic E-state index is -0.948. The maximum atomic E-state index is 13.3. The second kappa shape index (κ2) is 7.96. The molecule has 1 aliphatic heterocycles. The van der Waals surface area contributed by atoms with Gasteiger partial charge in [-0.25, -0.2) is 9.69 Å². The number of benzene rings is 3. The van der Waals surface area contributed by atoms with Gasteiger partial charge in [0.1, 0.15) is 5.54 Å². The first-order valence-corrected chi connectivity index (χ1v) is 10.3. The van der Waals surface area contributed by atoms with E-state index in [2.05, 4.69) is 18.2 Å². The van der Waals surface area contributed by atoms with E-state index in [0.717, 1.165) is 17.5 Å². The molecule has 3 aromatic rings. The van der Waals surface area contributed by atoms with E-state index in [9.17, 15) is 9.59 Å². The molecule has 0 atom stereocenters. The fourth-order valence-electron chi connectivity index (χ4n) is 3.79. The molecule has 30 heavy (non-hydrogen) atoms. The normalized spacial score (nSPS) is 15.7. The average molecular weight is 419 g/mol. The number of rotatable bonds is 5. The van der Waals surface area contributed by atoms with Crippen LogP contribution < -0.4 is 4.90 Å². The maximum absolute atomic E-state index is 13.3. The van der Waals surface area contributed by atoms with Crippen molar-refractivity contribution >= 4 is 29.2 Å². The Morgan fingerprint density at radius 2 is 1.40 bits per heavy atom. The summed E-state index contributed by atoms with van der Waals surface area (Å²) in [6, 6.07) is 24.7. The van der Waals surface area contributed by atoms with Crippen molar-refractivity contribution in [2.24, 2.45) is 0 Å².